The van der Waals surface area contributed by atoms with Crippen LogP contribution in [0.4, 0.5) is 0 Å². The Hall–Kier alpha value is -0.300. The minimum atomic E-state index is -0.464. The van der Waals surface area contributed by atoms with Crippen LogP contribution in [0.2, 0.25) is 0 Å². The lowest BCUT2D eigenvalue weighted by Crippen LogP contribution is -2.62. The first kappa shape index (κ1) is 10.8. The van der Waals surface area contributed by atoms with Crippen LogP contribution in [0.5, 0.6) is 0 Å². The predicted octanol–water partition coefficient (Wildman–Crippen LogP) is 3.53. The molecule has 16 heavy (non-hydrogen) atoms. The molecule has 0 heterocycles. The van der Waals surface area contributed by atoms with Gasteiger partial charge in [-0.3, -0.25) is 0 Å². The number of rotatable bonds is 0. The van der Waals surface area contributed by atoms with Crippen molar-refractivity contribution >= 4 is 0 Å². The number of allylic oxidation sites excluding steroid dienone is 1. The van der Waals surface area contributed by atoms with Gasteiger partial charge in [-0.25, -0.2) is 0 Å². The molecule has 0 aliphatic heterocycles. The zero-order chi connectivity index (χ0) is 11.8. The lowest BCUT2D eigenvalue weighted by atomic mass is 9.46. The topological polar surface area (TPSA) is 20.2 Å². The number of fused-ring (bicyclic) bond motifs is 3. The fourth-order valence-electron chi connectivity index (χ4n) is 4.84. The first-order valence-corrected chi connectivity index (χ1v) is 6.70. The van der Waals surface area contributed by atoms with E-state index in [0.717, 1.165) is 12.3 Å². The van der Waals surface area contributed by atoms with Crippen molar-refractivity contribution in [2.24, 2.45) is 22.7 Å². The molecule has 0 aromatic heterocycles. The summed E-state index contributed by atoms with van der Waals surface area (Å²) in [6.45, 7) is 9.23. The zero-order valence-electron chi connectivity index (χ0n) is 11.0. The summed E-state index contributed by atoms with van der Waals surface area (Å²) in [5, 5.41) is 10.8. The second kappa shape index (κ2) is 2.75. The van der Waals surface area contributed by atoms with Gasteiger partial charge < -0.3 is 5.11 Å². The van der Waals surface area contributed by atoms with Gasteiger partial charge in [0.2, 0.25) is 0 Å². The molecule has 0 aromatic carbocycles. The van der Waals surface area contributed by atoms with E-state index in [2.05, 4.69) is 33.8 Å². The molecule has 0 spiro atoms. The number of aliphatic hydroxyl groups is 1. The molecule has 1 heteroatoms. The summed E-state index contributed by atoms with van der Waals surface area (Å²) in [6, 6.07) is 0. The summed E-state index contributed by atoms with van der Waals surface area (Å²) in [5.41, 5.74) is 1.43. The van der Waals surface area contributed by atoms with Gasteiger partial charge in [0, 0.05) is 5.41 Å². The Balaban J connectivity index is 2.04. The molecule has 4 atom stereocenters. The second-order valence-electron chi connectivity index (χ2n) is 7.47. The average molecular weight is 220 g/mol. The third-order valence-corrected chi connectivity index (χ3v) is 5.96. The van der Waals surface area contributed by atoms with Crippen LogP contribution in [0.3, 0.4) is 0 Å². The van der Waals surface area contributed by atoms with Gasteiger partial charge in [-0.1, -0.05) is 26.8 Å². The Bertz CT molecular complexity index is 368. The van der Waals surface area contributed by atoms with Gasteiger partial charge in [-0.05, 0) is 55.4 Å². The molecule has 0 unspecified atom stereocenters. The number of hydrogen-bond acceptors (Lipinski definition) is 1. The highest BCUT2D eigenvalue weighted by molar-refractivity contribution is 5.33. The molecule has 0 bridgehead atoms. The molecule has 3 aliphatic carbocycles. The normalized spacial score (nSPS) is 53.7. The predicted molar refractivity (Wildman–Crippen MR) is 66.0 cm³/mol. The zero-order valence-corrected chi connectivity index (χ0v) is 11.0. The van der Waals surface area contributed by atoms with Crippen molar-refractivity contribution in [1.29, 1.82) is 0 Å². The quantitative estimate of drug-likeness (QED) is 0.619. The first-order valence-electron chi connectivity index (χ1n) is 6.70. The van der Waals surface area contributed by atoms with E-state index in [0.29, 0.717) is 11.3 Å². The lowest BCUT2D eigenvalue weighted by Gasteiger charge is -2.62. The molecule has 2 fully saturated rings. The van der Waals surface area contributed by atoms with E-state index in [1.54, 1.807) is 0 Å². The van der Waals surface area contributed by atoms with Crippen LogP contribution in [0.1, 0.15) is 53.4 Å². The van der Waals surface area contributed by atoms with E-state index in [9.17, 15) is 5.11 Å². The molecule has 1 N–H and O–H groups in total. The Morgan fingerprint density at radius 1 is 1.19 bits per heavy atom. The number of hydrogen-bond donors (Lipinski definition) is 1. The molecule has 0 amide bonds. The fourth-order valence-corrected chi connectivity index (χ4v) is 4.84. The molecule has 3 aliphatic rings. The molecule has 0 aromatic rings. The smallest absolute Gasteiger partial charge is 0.0910 e. The Kier molecular flexibility index (Phi) is 1.86. The van der Waals surface area contributed by atoms with Crippen molar-refractivity contribution in [3.8, 4) is 0 Å². The van der Waals surface area contributed by atoms with Gasteiger partial charge in [0.15, 0.2) is 0 Å². The van der Waals surface area contributed by atoms with E-state index in [1.165, 1.54) is 24.8 Å². The van der Waals surface area contributed by atoms with Gasteiger partial charge in [0.25, 0.3) is 0 Å². The SMILES string of the molecule is CC1=C[C@@H]2CC(C)(C)C[C@@H]2[C@@]2(C)CC[C@@]12O. The van der Waals surface area contributed by atoms with Crippen molar-refractivity contribution in [1.82, 2.24) is 0 Å². The molecule has 90 valence electrons. The lowest BCUT2D eigenvalue weighted by molar-refractivity contribution is -0.173. The van der Waals surface area contributed by atoms with E-state index >= 15 is 0 Å². The van der Waals surface area contributed by atoms with Gasteiger partial charge in [0.1, 0.15) is 0 Å². The van der Waals surface area contributed by atoms with Crippen LogP contribution in [-0.2, 0) is 0 Å². The highest BCUT2D eigenvalue weighted by Crippen LogP contribution is 2.67. The van der Waals surface area contributed by atoms with Crippen LogP contribution in [0.25, 0.3) is 0 Å². The van der Waals surface area contributed by atoms with Crippen LogP contribution in [0.15, 0.2) is 11.6 Å². The minimum absolute atomic E-state index is 0.171. The van der Waals surface area contributed by atoms with Crippen molar-refractivity contribution in [3.63, 3.8) is 0 Å². The summed E-state index contributed by atoms with van der Waals surface area (Å²) < 4.78 is 0. The van der Waals surface area contributed by atoms with Gasteiger partial charge in [-0.2, -0.15) is 0 Å². The van der Waals surface area contributed by atoms with Crippen molar-refractivity contribution in [2.45, 2.75) is 59.0 Å². The summed E-state index contributed by atoms with van der Waals surface area (Å²) in [7, 11) is 0. The Morgan fingerprint density at radius 3 is 2.44 bits per heavy atom. The van der Waals surface area contributed by atoms with Gasteiger partial charge >= 0.3 is 0 Å². The van der Waals surface area contributed by atoms with Crippen LogP contribution < -0.4 is 0 Å². The first-order chi connectivity index (χ1) is 7.29. The second-order valence-corrected chi connectivity index (χ2v) is 7.47. The Morgan fingerprint density at radius 2 is 1.88 bits per heavy atom. The monoisotopic (exact) mass is 220 g/mol. The molecule has 2 saturated carbocycles. The highest BCUT2D eigenvalue weighted by atomic mass is 16.3. The fraction of sp³-hybridized carbons (Fsp3) is 0.867. The van der Waals surface area contributed by atoms with Gasteiger partial charge in [-0.15, -0.1) is 0 Å². The largest absolute Gasteiger partial charge is 0.385 e. The van der Waals surface area contributed by atoms with Gasteiger partial charge in [0.05, 0.1) is 5.60 Å². The molecular formula is C15H24O. The van der Waals surface area contributed by atoms with Crippen molar-refractivity contribution in [2.75, 3.05) is 0 Å². The highest BCUT2D eigenvalue weighted by Gasteiger charge is 2.65. The maximum atomic E-state index is 10.8. The van der Waals surface area contributed by atoms with E-state index in [4.69, 9.17) is 0 Å². The molecule has 1 nitrogen and oxygen atoms in total. The third kappa shape index (κ3) is 1.06. The maximum absolute atomic E-state index is 10.8. The summed E-state index contributed by atoms with van der Waals surface area (Å²) in [6.07, 6.45) is 7.18. The third-order valence-electron chi connectivity index (χ3n) is 5.96. The van der Waals surface area contributed by atoms with Crippen LogP contribution in [0, 0.1) is 22.7 Å². The van der Waals surface area contributed by atoms with Crippen LogP contribution >= 0.6 is 0 Å². The Labute approximate surface area is 98.9 Å². The summed E-state index contributed by atoms with van der Waals surface area (Å²) in [5.74, 6) is 1.44. The van der Waals surface area contributed by atoms with E-state index < -0.39 is 5.60 Å². The van der Waals surface area contributed by atoms with Crippen molar-refractivity contribution in [3.05, 3.63) is 11.6 Å². The minimum Gasteiger partial charge on any atom is -0.385 e. The van der Waals surface area contributed by atoms with E-state index in [1.807, 2.05) is 0 Å². The summed E-state index contributed by atoms with van der Waals surface area (Å²) in [4.78, 5) is 0. The molecule has 0 radical (unpaired) electrons. The van der Waals surface area contributed by atoms with Crippen LogP contribution in [-0.4, -0.2) is 10.7 Å². The molecule has 0 saturated heterocycles. The van der Waals surface area contributed by atoms with E-state index in [-0.39, 0.29) is 5.41 Å². The average Bonchev–Trinajstić information content (AvgIpc) is 2.48. The maximum Gasteiger partial charge on any atom is 0.0910 e. The molecular weight excluding hydrogens is 196 g/mol. The van der Waals surface area contributed by atoms with Crippen molar-refractivity contribution < 1.29 is 5.11 Å². The standard InChI is InChI=1S/C15H24O/c1-10-7-11-8-13(2,3)9-12(11)14(4)5-6-15(10,14)16/h7,11-12,16H,5-6,8-9H2,1-4H3/t11-,12+,14-,15-/m1/s1. The molecule has 3 rings (SSSR count). The summed E-state index contributed by atoms with van der Waals surface area (Å²) >= 11 is 0.